The van der Waals surface area contributed by atoms with E-state index in [1.165, 1.54) is 0 Å². The lowest BCUT2D eigenvalue weighted by molar-refractivity contribution is -0.155. The van der Waals surface area contributed by atoms with Crippen molar-refractivity contribution in [1.82, 2.24) is 0 Å². The van der Waals surface area contributed by atoms with Crippen molar-refractivity contribution in [1.29, 1.82) is 0 Å². The number of carbonyl (C=O) groups is 1. The minimum Gasteiger partial charge on any atom is -0.459 e. The molecular weight excluding hydrogens is 196 g/mol. The Bertz CT molecular complexity index is 317. The Morgan fingerprint density at radius 3 is 2.87 bits per heavy atom. The predicted molar refractivity (Wildman–Crippen MR) is 51.9 cm³/mol. The molecule has 0 radical (unpaired) electrons. The summed E-state index contributed by atoms with van der Waals surface area (Å²) < 4.78 is 15.0. The second-order valence-electron chi connectivity index (χ2n) is 3.24. The third kappa shape index (κ3) is 2.78. The number of rotatable bonds is 3. The molecule has 0 aliphatic carbocycles. The Balaban J connectivity index is 1.80. The summed E-state index contributed by atoms with van der Waals surface area (Å²) >= 11 is 0. The largest absolute Gasteiger partial charge is 0.459 e. The van der Waals surface area contributed by atoms with Gasteiger partial charge in [0.25, 0.3) is 0 Å². The van der Waals surface area contributed by atoms with Gasteiger partial charge in [0.1, 0.15) is 13.4 Å². The van der Waals surface area contributed by atoms with Gasteiger partial charge in [0.2, 0.25) is 0 Å². The Labute approximate surface area is 87.8 Å². The summed E-state index contributed by atoms with van der Waals surface area (Å²) in [5.41, 5.74) is 0.963. The highest BCUT2D eigenvalue weighted by atomic mass is 16.7. The summed E-state index contributed by atoms with van der Waals surface area (Å²) in [4.78, 5) is 11.4. The molecule has 1 aliphatic heterocycles. The number of esters is 1. The minimum atomic E-state index is -0.561. The molecule has 0 bridgehead atoms. The van der Waals surface area contributed by atoms with Crippen molar-refractivity contribution >= 4 is 5.97 Å². The molecule has 0 amide bonds. The summed E-state index contributed by atoms with van der Waals surface area (Å²) in [6.07, 6.45) is -0.561. The predicted octanol–water partition coefficient (Wildman–Crippen LogP) is 1.10. The van der Waals surface area contributed by atoms with Gasteiger partial charge in [0, 0.05) is 0 Å². The van der Waals surface area contributed by atoms with E-state index in [9.17, 15) is 4.79 Å². The first kappa shape index (κ1) is 10.1. The Kier molecular flexibility index (Phi) is 3.32. The Hall–Kier alpha value is -1.39. The van der Waals surface area contributed by atoms with Crippen molar-refractivity contribution in [2.75, 3.05) is 13.4 Å². The molecule has 2 rings (SSSR count). The van der Waals surface area contributed by atoms with Gasteiger partial charge in [-0.25, -0.2) is 4.79 Å². The Morgan fingerprint density at radius 2 is 2.20 bits per heavy atom. The first-order valence-corrected chi connectivity index (χ1v) is 4.76. The van der Waals surface area contributed by atoms with E-state index in [0.29, 0.717) is 0 Å². The van der Waals surface area contributed by atoms with Crippen LogP contribution < -0.4 is 0 Å². The highest BCUT2D eigenvalue weighted by molar-refractivity contribution is 5.75. The van der Waals surface area contributed by atoms with E-state index in [4.69, 9.17) is 14.2 Å². The van der Waals surface area contributed by atoms with E-state index < -0.39 is 6.10 Å². The summed E-state index contributed by atoms with van der Waals surface area (Å²) in [6.45, 7) is 0.734. The van der Waals surface area contributed by atoms with Crippen molar-refractivity contribution in [2.24, 2.45) is 0 Å². The molecule has 0 aromatic heterocycles. The first-order valence-electron chi connectivity index (χ1n) is 4.76. The normalized spacial score (nSPS) is 20.1. The van der Waals surface area contributed by atoms with Gasteiger partial charge >= 0.3 is 5.97 Å². The van der Waals surface area contributed by atoms with E-state index in [0.717, 1.165) is 5.56 Å². The van der Waals surface area contributed by atoms with Crippen LogP contribution in [0.4, 0.5) is 0 Å². The molecule has 1 aromatic carbocycles. The van der Waals surface area contributed by atoms with Crippen LogP contribution in [0.3, 0.4) is 0 Å². The van der Waals surface area contributed by atoms with Crippen LogP contribution in [0.1, 0.15) is 5.56 Å². The highest BCUT2D eigenvalue weighted by Gasteiger charge is 2.25. The number of carbonyl (C=O) groups excluding carboxylic acids is 1. The highest BCUT2D eigenvalue weighted by Crippen LogP contribution is 2.07. The molecule has 0 saturated carbocycles. The molecule has 15 heavy (non-hydrogen) atoms. The van der Waals surface area contributed by atoms with E-state index in [1.807, 2.05) is 30.3 Å². The molecule has 4 nitrogen and oxygen atoms in total. The second-order valence-corrected chi connectivity index (χ2v) is 3.24. The van der Waals surface area contributed by atoms with Crippen LogP contribution in [-0.4, -0.2) is 25.5 Å². The van der Waals surface area contributed by atoms with Crippen molar-refractivity contribution in [3.63, 3.8) is 0 Å². The fraction of sp³-hybridized carbons (Fsp3) is 0.364. The molecule has 1 fully saturated rings. The number of ether oxygens (including phenoxy) is 3. The molecule has 1 aromatic rings. The molecule has 80 valence electrons. The summed E-state index contributed by atoms with van der Waals surface area (Å²) in [5.74, 6) is -0.364. The number of hydrogen-bond donors (Lipinski definition) is 0. The molecule has 1 unspecified atom stereocenters. The SMILES string of the molecule is O=C(OCc1ccccc1)C1COCO1. The zero-order valence-electron chi connectivity index (χ0n) is 8.22. The number of hydrogen-bond acceptors (Lipinski definition) is 4. The second kappa shape index (κ2) is 4.91. The zero-order chi connectivity index (χ0) is 10.5. The molecule has 1 heterocycles. The first-order chi connectivity index (χ1) is 7.36. The monoisotopic (exact) mass is 208 g/mol. The number of benzene rings is 1. The third-order valence-electron chi connectivity index (χ3n) is 2.11. The maximum atomic E-state index is 11.4. The molecule has 1 aliphatic rings. The van der Waals surface area contributed by atoms with E-state index in [2.05, 4.69) is 0 Å². The van der Waals surface area contributed by atoms with Crippen molar-refractivity contribution < 1.29 is 19.0 Å². The molecule has 1 atom stereocenters. The topological polar surface area (TPSA) is 44.8 Å². The summed E-state index contributed by atoms with van der Waals surface area (Å²) in [6, 6.07) is 9.52. The maximum Gasteiger partial charge on any atom is 0.338 e. The summed E-state index contributed by atoms with van der Waals surface area (Å²) in [7, 11) is 0. The van der Waals surface area contributed by atoms with Gasteiger partial charge in [-0.3, -0.25) is 0 Å². The third-order valence-corrected chi connectivity index (χ3v) is 2.11. The van der Waals surface area contributed by atoms with Gasteiger partial charge in [-0.1, -0.05) is 30.3 Å². The standard InChI is InChI=1S/C11H12O4/c12-11(10-7-13-8-15-10)14-6-9-4-2-1-3-5-9/h1-5,10H,6-8H2. The van der Waals surface area contributed by atoms with Gasteiger partial charge in [0.05, 0.1) is 6.61 Å². The Morgan fingerprint density at radius 1 is 1.40 bits per heavy atom. The maximum absolute atomic E-state index is 11.4. The van der Waals surface area contributed by atoms with Gasteiger partial charge in [-0.2, -0.15) is 0 Å². The van der Waals surface area contributed by atoms with Crippen LogP contribution in [0, 0.1) is 0 Å². The molecule has 0 spiro atoms. The van der Waals surface area contributed by atoms with E-state index in [1.54, 1.807) is 0 Å². The average molecular weight is 208 g/mol. The molecule has 1 saturated heterocycles. The van der Waals surface area contributed by atoms with E-state index >= 15 is 0 Å². The van der Waals surface area contributed by atoms with E-state index in [-0.39, 0.29) is 26.0 Å². The average Bonchev–Trinajstić information content (AvgIpc) is 2.81. The fourth-order valence-corrected chi connectivity index (χ4v) is 1.29. The fourth-order valence-electron chi connectivity index (χ4n) is 1.29. The van der Waals surface area contributed by atoms with Crippen LogP contribution in [0.2, 0.25) is 0 Å². The lowest BCUT2D eigenvalue weighted by atomic mass is 10.2. The summed E-state index contributed by atoms with van der Waals surface area (Å²) in [5, 5.41) is 0. The molecule has 0 N–H and O–H groups in total. The van der Waals surface area contributed by atoms with Gasteiger partial charge in [-0.15, -0.1) is 0 Å². The van der Waals surface area contributed by atoms with Crippen LogP contribution in [-0.2, 0) is 25.6 Å². The van der Waals surface area contributed by atoms with Crippen molar-refractivity contribution in [3.8, 4) is 0 Å². The molecule has 4 heteroatoms. The van der Waals surface area contributed by atoms with Crippen LogP contribution in [0.5, 0.6) is 0 Å². The minimum absolute atomic E-state index is 0.172. The zero-order valence-corrected chi connectivity index (χ0v) is 8.22. The van der Waals surface area contributed by atoms with Crippen LogP contribution >= 0.6 is 0 Å². The van der Waals surface area contributed by atoms with Gasteiger partial charge < -0.3 is 14.2 Å². The quantitative estimate of drug-likeness (QED) is 0.698. The van der Waals surface area contributed by atoms with Gasteiger partial charge in [0.15, 0.2) is 6.10 Å². The lowest BCUT2D eigenvalue weighted by Crippen LogP contribution is -2.24. The van der Waals surface area contributed by atoms with Crippen molar-refractivity contribution in [2.45, 2.75) is 12.7 Å². The smallest absolute Gasteiger partial charge is 0.338 e. The van der Waals surface area contributed by atoms with Crippen LogP contribution in [0.25, 0.3) is 0 Å². The van der Waals surface area contributed by atoms with Crippen LogP contribution in [0.15, 0.2) is 30.3 Å². The lowest BCUT2D eigenvalue weighted by Gasteiger charge is -2.07. The molecular formula is C11H12O4. The van der Waals surface area contributed by atoms with Gasteiger partial charge in [-0.05, 0) is 5.56 Å². The van der Waals surface area contributed by atoms with Crippen molar-refractivity contribution in [3.05, 3.63) is 35.9 Å².